The SMILES string of the molecule is CCOc1cc(NC(=O)OC(C)(C)C)c(NC(=O)CC(=O)c2cccc(-c3ccnc(C)c3)c2)cc1Cl. The molecule has 0 saturated heterocycles. The molecular weight excluding hydrogens is 494 g/mol. The summed E-state index contributed by atoms with van der Waals surface area (Å²) < 4.78 is 10.8. The van der Waals surface area contributed by atoms with Crippen molar-refractivity contribution in [2.75, 3.05) is 17.2 Å². The van der Waals surface area contributed by atoms with Gasteiger partial charge in [0.2, 0.25) is 5.91 Å². The maximum absolute atomic E-state index is 12.9. The van der Waals surface area contributed by atoms with Crippen LogP contribution in [-0.2, 0) is 9.53 Å². The molecular formula is C28H30ClN3O5. The summed E-state index contributed by atoms with van der Waals surface area (Å²) in [7, 11) is 0. The van der Waals surface area contributed by atoms with E-state index in [1.54, 1.807) is 52.1 Å². The van der Waals surface area contributed by atoms with Gasteiger partial charge in [0, 0.05) is 23.5 Å². The number of carbonyl (C=O) groups excluding carboxylic acids is 3. The molecule has 0 fully saturated rings. The zero-order valence-corrected chi connectivity index (χ0v) is 22.2. The van der Waals surface area contributed by atoms with Crippen LogP contribution in [0.3, 0.4) is 0 Å². The van der Waals surface area contributed by atoms with Crippen molar-refractivity contribution in [1.82, 2.24) is 4.98 Å². The van der Waals surface area contributed by atoms with Gasteiger partial charge >= 0.3 is 6.09 Å². The Labute approximate surface area is 221 Å². The second-order valence-electron chi connectivity index (χ2n) is 9.30. The first-order valence-corrected chi connectivity index (χ1v) is 12.2. The minimum absolute atomic E-state index is 0.207. The highest BCUT2D eigenvalue weighted by molar-refractivity contribution is 6.32. The third-order valence-corrected chi connectivity index (χ3v) is 5.31. The number of hydrogen-bond acceptors (Lipinski definition) is 6. The number of ketones is 1. The van der Waals surface area contributed by atoms with E-state index in [9.17, 15) is 14.4 Å². The van der Waals surface area contributed by atoms with Crippen LogP contribution in [0.1, 0.15) is 50.2 Å². The second kappa shape index (κ2) is 11.9. The van der Waals surface area contributed by atoms with Crippen molar-refractivity contribution in [3.05, 3.63) is 71.0 Å². The summed E-state index contributed by atoms with van der Waals surface area (Å²) in [5.74, 6) is -0.598. The van der Waals surface area contributed by atoms with E-state index >= 15 is 0 Å². The normalized spacial score (nSPS) is 11.0. The van der Waals surface area contributed by atoms with Crippen LogP contribution in [0.15, 0.2) is 54.7 Å². The zero-order chi connectivity index (χ0) is 27.2. The second-order valence-corrected chi connectivity index (χ2v) is 9.71. The maximum Gasteiger partial charge on any atom is 0.412 e. The monoisotopic (exact) mass is 523 g/mol. The molecule has 8 nitrogen and oxygen atoms in total. The molecule has 0 unspecified atom stereocenters. The minimum Gasteiger partial charge on any atom is -0.492 e. The fourth-order valence-corrected chi connectivity index (χ4v) is 3.70. The van der Waals surface area contributed by atoms with Crippen LogP contribution >= 0.6 is 11.6 Å². The van der Waals surface area contributed by atoms with Crippen molar-refractivity contribution in [3.63, 3.8) is 0 Å². The van der Waals surface area contributed by atoms with Gasteiger partial charge in [0.05, 0.1) is 29.4 Å². The number of hydrogen-bond donors (Lipinski definition) is 2. The Morgan fingerprint density at radius 3 is 2.35 bits per heavy atom. The van der Waals surface area contributed by atoms with Crippen LogP contribution in [0.25, 0.3) is 11.1 Å². The van der Waals surface area contributed by atoms with Gasteiger partial charge in [-0.05, 0) is 70.0 Å². The molecule has 0 bridgehead atoms. The predicted octanol–water partition coefficient (Wildman–Crippen LogP) is 6.67. The number of halogens is 1. The summed E-state index contributed by atoms with van der Waals surface area (Å²) in [4.78, 5) is 42.3. The summed E-state index contributed by atoms with van der Waals surface area (Å²) >= 11 is 6.30. The molecule has 194 valence electrons. The first-order chi connectivity index (χ1) is 17.4. The molecule has 0 aliphatic heterocycles. The molecule has 0 aliphatic rings. The van der Waals surface area contributed by atoms with E-state index in [0.717, 1.165) is 16.8 Å². The molecule has 0 saturated carbocycles. The third-order valence-electron chi connectivity index (χ3n) is 5.02. The lowest BCUT2D eigenvalue weighted by Gasteiger charge is -2.21. The largest absolute Gasteiger partial charge is 0.492 e. The van der Waals surface area contributed by atoms with E-state index in [0.29, 0.717) is 17.9 Å². The lowest BCUT2D eigenvalue weighted by Crippen LogP contribution is -2.27. The van der Waals surface area contributed by atoms with E-state index < -0.39 is 24.0 Å². The molecule has 1 heterocycles. The first kappa shape index (κ1) is 27.7. The summed E-state index contributed by atoms with van der Waals surface area (Å²) in [6, 6.07) is 13.8. The number of rotatable bonds is 8. The third kappa shape index (κ3) is 8.05. The molecule has 37 heavy (non-hydrogen) atoms. The van der Waals surface area contributed by atoms with Crippen molar-refractivity contribution >= 4 is 40.8 Å². The van der Waals surface area contributed by atoms with Crippen LogP contribution in [0, 0.1) is 6.92 Å². The number of ether oxygens (including phenoxy) is 2. The number of carbonyl (C=O) groups is 3. The summed E-state index contributed by atoms with van der Waals surface area (Å²) in [5.41, 5.74) is 2.74. The van der Waals surface area contributed by atoms with Gasteiger partial charge in [0.25, 0.3) is 0 Å². The quantitative estimate of drug-likeness (QED) is 0.252. The smallest absolute Gasteiger partial charge is 0.412 e. The molecule has 2 amide bonds. The Morgan fingerprint density at radius 2 is 1.68 bits per heavy atom. The van der Waals surface area contributed by atoms with E-state index in [4.69, 9.17) is 21.1 Å². The Kier molecular flexibility index (Phi) is 8.89. The highest BCUT2D eigenvalue weighted by Crippen LogP contribution is 2.35. The molecule has 3 rings (SSSR count). The first-order valence-electron chi connectivity index (χ1n) is 11.8. The highest BCUT2D eigenvalue weighted by atomic mass is 35.5. The molecule has 2 aromatic carbocycles. The van der Waals surface area contributed by atoms with Gasteiger partial charge in [-0.2, -0.15) is 0 Å². The maximum atomic E-state index is 12.9. The van der Waals surface area contributed by atoms with Gasteiger partial charge in [-0.1, -0.05) is 29.8 Å². The van der Waals surface area contributed by atoms with Gasteiger partial charge in [-0.25, -0.2) is 4.79 Å². The standard InChI is InChI=1S/C28H30ClN3O5/c1-6-36-25-15-23(32-27(35)37-28(3,4)5)22(14-21(25)29)31-26(34)16-24(33)20-9-7-8-18(13-20)19-10-11-30-17(2)12-19/h7-15H,6,16H2,1-5H3,(H,31,34)(H,32,35). The number of benzene rings is 2. The van der Waals surface area contributed by atoms with E-state index in [1.165, 1.54) is 12.1 Å². The van der Waals surface area contributed by atoms with Gasteiger partial charge in [-0.15, -0.1) is 0 Å². The van der Waals surface area contributed by atoms with Crippen molar-refractivity contribution < 1.29 is 23.9 Å². The molecule has 1 aromatic heterocycles. The molecule has 2 N–H and O–H groups in total. The average Bonchev–Trinajstić information content (AvgIpc) is 2.81. The van der Waals surface area contributed by atoms with Crippen LogP contribution < -0.4 is 15.4 Å². The number of pyridine rings is 1. The van der Waals surface area contributed by atoms with E-state index in [-0.39, 0.29) is 22.2 Å². The Bertz CT molecular complexity index is 1320. The average molecular weight is 524 g/mol. The van der Waals surface area contributed by atoms with Crippen molar-refractivity contribution in [2.45, 2.75) is 46.6 Å². The number of Topliss-reactive ketones (excluding diaryl/α,β-unsaturated/α-hetero) is 1. The van der Waals surface area contributed by atoms with E-state index in [1.807, 2.05) is 25.1 Å². The lowest BCUT2D eigenvalue weighted by molar-refractivity contribution is -0.115. The molecule has 0 atom stereocenters. The minimum atomic E-state index is -0.724. The van der Waals surface area contributed by atoms with Crippen molar-refractivity contribution in [1.29, 1.82) is 0 Å². The summed E-state index contributed by atoms with van der Waals surface area (Å²) in [5, 5.41) is 5.51. The van der Waals surface area contributed by atoms with Gasteiger partial charge in [-0.3, -0.25) is 19.9 Å². The van der Waals surface area contributed by atoms with Crippen LogP contribution in [-0.4, -0.2) is 35.0 Å². The Hall–Kier alpha value is -3.91. The Morgan fingerprint density at radius 1 is 0.973 bits per heavy atom. The van der Waals surface area contributed by atoms with Crippen molar-refractivity contribution in [3.8, 4) is 16.9 Å². The van der Waals surface area contributed by atoms with E-state index in [2.05, 4.69) is 15.6 Å². The molecule has 0 spiro atoms. The topological polar surface area (TPSA) is 107 Å². The van der Waals surface area contributed by atoms with Gasteiger partial charge in [0.15, 0.2) is 5.78 Å². The number of nitrogens with zero attached hydrogens (tertiary/aromatic N) is 1. The fourth-order valence-electron chi connectivity index (χ4n) is 3.48. The van der Waals surface area contributed by atoms with Gasteiger partial charge < -0.3 is 14.8 Å². The predicted molar refractivity (Wildman–Crippen MR) is 144 cm³/mol. The van der Waals surface area contributed by atoms with Crippen LogP contribution in [0.5, 0.6) is 5.75 Å². The fraction of sp³-hybridized carbons (Fsp3) is 0.286. The van der Waals surface area contributed by atoms with Crippen molar-refractivity contribution in [2.24, 2.45) is 0 Å². The number of nitrogens with one attached hydrogen (secondary N) is 2. The number of aromatic nitrogens is 1. The van der Waals surface area contributed by atoms with Crippen LogP contribution in [0.2, 0.25) is 5.02 Å². The molecule has 0 aliphatic carbocycles. The van der Waals surface area contributed by atoms with Crippen LogP contribution in [0.4, 0.5) is 16.2 Å². The highest BCUT2D eigenvalue weighted by Gasteiger charge is 2.20. The summed E-state index contributed by atoms with van der Waals surface area (Å²) in [6.45, 7) is 9.24. The lowest BCUT2D eigenvalue weighted by atomic mass is 10.0. The molecule has 0 radical (unpaired) electrons. The Balaban J connectivity index is 1.78. The molecule has 3 aromatic rings. The zero-order valence-electron chi connectivity index (χ0n) is 21.5. The number of aryl methyl sites for hydroxylation is 1. The van der Waals surface area contributed by atoms with Gasteiger partial charge in [0.1, 0.15) is 11.4 Å². The number of anilines is 2. The summed E-state index contributed by atoms with van der Waals surface area (Å²) in [6.07, 6.45) is 0.583. The molecule has 9 heteroatoms. The number of amides is 2.